The number of anilines is 1. The summed E-state index contributed by atoms with van der Waals surface area (Å²) in [5.74, 6) is 1.67. The van der Waals surface area contributed by atoms with Gasteiger partial charge >= 0.3 is 0 Å². The van der Waals surface area contributed by atoms with Crippen molar-refractivity contribution in [3.63, 3.8) is 0 Å². The summed E-state index contributed by atoms with van der Waals surface area (Å²) < 4.78 is 2.42. The fraction of sp³-hybridized carbons (Fsp3) is 0.615. The van der Waals surface area contributed by atoms with Gasteiger partial charge in [0.1, 0.15) is 11.3 Å². The first-order valence-corrected chi connectivity index (χ1v) is 12.8. The van der Waals surface area contributed by atoms with E-state index in [4.69, 9.17) is 22.2 Å². The van der Waals surface area contributed by atoms with Crippen LogP contribution in [0.3, 0.4) is 0 Å². The Kier molecular flexibility index (Phi) is 10.4. The Labute approximate surface area is 198 Å². The fourth-order valence-electron chi connectivity index (χ4n) is 4.57. The molecule has 0 atom stereocenters. The predicted molar refractivity (Wildman–Crippen MR) is 140 cm³/mol. The molecule has 0 fully saturated rings. The maximum absolute atomic E-state index is 6.33. The van der Waals surface area contributed by atoms with Crippen LogP contribution in [0.2, 0.25) is 0 Å². The Morgan fingerprint density at radius 1 is 0.848 bits per heavy atom. The largest absolute Gasteiger partial charge is 0.382 e. The monoisotopic (exact) mass is 453 g/mol. The van der Waals surface area contributed by atoms with Crippen LogP contribution in [-0.4, -0.2) is 52.2 Å². The molecule has 0 spiro atoms. The number of imidazole rings is 1. The van der Waals surface area contributed by atoms with Crippen LogP contribution >= 0.6 is 0 Å². The van der Waals surface area contributed by atoms with Crippen LogP contribution in [0.1, 0.15) is 64.1 Å². The number of nitrogens with two attached hydrogens (primary N) is 3. The van der Waals surface area contributed by atoms with Gasteiger partial charge in [0, 0.05) is 18.4 Å². The first-order valence-electron chi connectivity index (χ1n) is 12.8. The molecule has 33 heavy (non-hydrogen) atoms. The fourth-order valence-corrected chi connectivity index (χ4v) is 4.57. The number of unbranched alkanes of at least 4 members (excludes halogenated alkanes) is 4. The van der Waals surface area contributed by atoms with Crippen molar-refractivity contribution in [3.8, 4) is 0 Å². The minimum absolute atomic E-state index is 0.534. The molecular formula is C26H43N7. The smallest absolute Gasteiger partial charge is 0.152 e. The summed E-state index contributed by atoms with van der Waals surface area (Å²) in [5, 5.41) is 1.14. The number of rotatable bonds is 16. The van der Waals surface area contributed by atoms with Gasteiger partial charge in [0.2, 0.25) is 0 Å². The molecule has 0 aliphatic rings. The molecule has 2 aromatic heterocycles. The Morgan fingerprint density at radius 2 is 1.52 bits per heavy atom. The Bertz CT molecular complexity index is 972. The summed E-state index contributed by atoms with van der Waals surface area (Å²) in [6, 6.07) is 8.27. The molecule has 0 saturated heterocycles. The lowest BCUT2D eigenvalue weighted by Crippen LogP contribution is -2.28. The van der Waals surface area contributed by atoms with Gasteiger partial charge in [-0.1, -0.05) is 31.5 Å². The second-order valence-corrected chi connectivity index (χ2v) is 9.03. The molecule has 0 unspecified atom stereocenters. The quantitative estimate of drug-likeness (QED) is 0.282. The maximum atomic E-state index is 6.33. The third-order valence-corrected chi connectivity index (χ3v) is 6.41. The van der Waals surface area contributed by atoms with Crippen molar-refractivity contribution in [3.05, 3.63) is 30.1 Å². The van der Waals surface area contributed by atoms with Crippen LogP contribution in [-0.2, 0) is 13.0 Å². The van der Waals surface area contributed by atoms with Crippen LogP contribution in [0.4, 0.5) is 5.82 Å². The van der Waals surface area contributed by atoms with Gasteiger partial charge in [0.05, 0.1) is 11.0 Å². The van der Waals surface area contributed by atoms with Crippen LogP contribution in [0.15, 0.2) is 24.3 Å². The van der Waals surface area contributed by atoms with Gasteiger partial charge in [-0.3, -0.25) is 0 Å². The summed E-state index contributed by atoms with van der Waals surface area (Å²) >= 11 is 0. The minimum Gasteiger partial charge on any atom is -0.382 e. The second kappa shape index (κ2) is 13.5. The van der Waals surface area contributed by atoms with Crippen LogP contribution in [0, 0.1) is 0 Å². The third-order valence-electron chi connectivity index (χ3n) is 6.41. The summed E-state index contributed by atoms with van der Waals surface area (Å²) in [6.07, 6.45) is 10.1. The molecule has 3 aromatic rings. The Morgan fingerprint density at radius 3 is 2.18 bits per heavy atom. The number of nitrogens with zero attached hydrogens (tertiary/aromatic N) is 4. The first kappa shape index (κ1) is 25.4. The molecular weight excluding hydrogens is 410 g/mol. The number of benzene rings is 1. The van der Waals surface area contributed by atoms with Gasteiger partial charge in [-0.05, 0) is 83.7 Å². The van der Waals surface area contributed by atoms with Crippen molar-refractivity contribution in [1.82, 2.24) is 19.4 Å². The van der Waals surface area contributed by atoms with E-state index < -0.39 is 0 Å². The zero-order chi connectivity index (χ0) is 23.5. The van der Waals surface area contributed by atoms with Gasteiger partial charge in [-0.15, -0.1) is 0 Å². The summed E-state index contributed by atoms with van der Waals surface area (Å²) in [5.41, 5.74) is 20.7. The highest BCUT2D eigenvalue weighted by molar-refractivity contribution is 6.06. The zero-order valence-electron chi connectivity index (χ0n) is 20.4. The molecule has 2 heterocycles. The lowest BCUT2D eigenvalue weighted by molar-refractivity contribution is 0.256. The highest BCUT2D eigenvalue weighted by Gasteiger charge is 2.17. The van der Waals surface area contributed by atoms with Gasteiger partial charge in [-0.2, -0.15) is 0 Å². The van der Waals surface area contributed by atoms with E-state index in [0.717, 1.165) is 112 Å². The van der Waals surface area contributed by atoms with Crippen LogP contribution in [0.25, 0.3) is 21.9 Å². The van der Waals surface area contributed by atoms with Crippen LogP contribution in [0.5, 0.6) is 0 Å². The van der Waals surface area contributed by atoms with Crippen molar-refractivity contribution in [1.29, 1.82) is 0 Å². The van der Waals surface area contributed by atoms with Gasteiger partial charge in [0.25, 0.3) is 0 Å². The molecule has 0 amide bonds. The molecule has 7 nitrogen and oxygen atoms in total. The van der Waals surface area contributed by atoms with Crippen molar-refractivity contribution in [2.24, 2.45) is 11.5 Å². The predicted octanol–water partition coefficient (Wildman–Crippen LogP) is 4.07. The highest BCUT2D eigenvalue weighted by Crippen LogP contribution is 2.29. The van der Waals surface area contributed by atoms with E-state index in [1.165, 1.54) is 12.8 Å². The molecule has 0 aliphatic heterocycles. The molecule has 182 valence electrons. The van der Waals surface area contributed by atoms with Crippen molar-refractivity contribution >= 4 is 27.8 Å². The van der Waals surface area contributed by atoms with Crippen molar-refractivity contribution in [2.75, 3.05) is 38.5 Å². The van der Waals surface area contributed by atoms with E-state index in [2.05, 4.69) is 33.5 Å². The second-order valence-electron chi connectivity index (χ2n) is 9.03. The number of hydrogen-bond donors (Lipinski definition) is 3. The molecule has 7 heteroatoms. The first-order chi connectivity index (χ1) is 16.2. The lowest BCUT2D eigenvalue weighted by Gasteiger charge is -2.22. The van der Waals surface area contributed by atoms with Crippen molar-refractivity contribution < 1.29 is 0 Å². The number of nitrogen functional groups attached to an aromatic ring is 1. The van der Waals surface area contributed by atoms with E-state index in [0.29, 0.717) is 5.82 Å². The SMILES string of the molecule is CCCCc1nc2c(N)nc3ccccc3c2n1CCCCN(CCCCN)CCCCN. The third kappa shape index (κ3) is 6.88. The van der Waals surface area contributed by atoms with Crippen LogP contribution < -0.4 is 17.2 Å². The standard InChI is InChI=1S/C26H43N7/c1-2-3-14-23-31-24-25(21-12-4-5-13-22(21)30-26(24)29)33(23)20-11-10-19-32(17-8-6-15-27)18-9-7-16-28/h4-5,12-13H,2-3,6-11,14-20,27-28H2,1H3,(H2,29,30). The number of pyridine rings is 1. The molecule has 0 aliphatic carbocycles. The number of hydrogen-bond acceptors (Lipinski definition) is 6. The van der Waals surface area contributed by atoms with E-state index in [1.807, 2.05) is 12.1 Å². The van der Waals surface area contributed by atoms with Crippen molar-refractivity contribution in [2.45, 2.75) is 71.3 Å². The number of fused-ring (bicyclic) bond motifs is 3. The maximum Gasteiger partial charge on any atom is 0.152 e. The summed E-state index contributed by atoms with van der Waals surface area (Å²) in [7, 11) is 0. The Hall–Kier alpha value is -2.22. The van der Waals surface area contributed by atoms with E-state index in [9.17, 15) is 0 Å². The van der Waals surface area contributed by atoms with E-state index in [-0.39, 0.29) is 0 Å². The number of aryl methyl sites for hydroxylation is 2. The molecule has 1 aromatic carbocycles. The topological polar surface area (TPSA) is 112 Å². The minimum atomic E-state index is 0.534. The highest BCUT2D eigenvalue weighted by atomic mass is 15.1. The molecule has 6 N–H and O–H groups in total. The molecule has 0 radical (unpaired) electrons. The van der Waals surface area contributed by atoms with E-state index >= 15 is 0 Å². The van der Waals surface area contributed by atoms with Gasteiger partial charge in [0.15, 0.2) is 5.82 Å². The summed E-state index contributed by atoms with van der Waals surface area (Å²) in [4.78, 5) is 12.2. The zero-order valence-corrected chi connectivity index (χ0v) is 20.4. The van der Waals surface area contributed by atoms with E-state index in [1.54, 1.807) is 0 Å². The van der Waals surface area contributed by atoms with Gasteiger partial charge < -0.3 is 26.7 Å². The molecule has 0 saturated carbocycles. The average molecular weight is 454 g/mol. The number of para-hydroxylation sites is 1. The summed E-state index contributed by atoms with van der Waals surface area (Å²) in [6.45, 7) is 8.11. The number of aromatic nitrogens is 3. The van der Waals surface area contributed by atoms with Gasteiger partial charge in [-0.25, -0.2) is 9.97 Å². The normalized spacial score (nSPS) is 11.9. The lowest BCUT2D eigenvalue weighted by atomic mass is 10.1. The Balaban J connectivity index is 1.73. The molecule has 0 bridgehead atoms. The molecule has 3 rings (SSSR count). The average Bonchev–Trinajstić information content (AvgIpc) is 3.19.